The van der Waals surface area contributed by atoms with Crippen molar-refractivity contribution in [1.29, 1.82) is 0 Å². The van der Waals surface area contributed by atoms with Crippen molar-refractivity contribution in [2.45, 2.75) is 82.1 Å². The lowest BCUT2D eigenvalue weighted by atomic mass is 9.73. The molecule has 1 aromatic carbocycles. The van der Waals surface area contributed by atoms with E-state index in [0.717, 1.165) is 22.3 Å². The number of sulfone groups is 1. The Hall–Kier alpha value is -2.14. The van der Waals surface area contributed by atoms with Crippen molar-refractivity contribution in [3.05, 3.63) is 29.3 Å². The van der Waals surface area contributed by atoms with Gasteiger partial charge in [-0.25, -0.2) is 8.42 Å². The largest absolute Gasteiger partial charge is 0.471 e. The third kappa shape index (κ3) is 5.53. The van der Waals surface area contributed by atoms with E-state index in [0.29, 0.717) is 51.9 Å². The van der Waals surface area contributed by atoms with Crippen LogP contribution in [0.1, 0.15) is 57.1 Å². The fourth-order valence-electron chi connectivity index (χ4n) is 6.24. The van der Waals surface area contributed by atoms with Crippen LogP contribution in [0.4, 0.5) is 13.2 Å². The van der Waals surface area contributed by atoms with Gasteiger partial charge < -0.3 is 14.5 Å². The summed E-state index contributed by atoms with van der Waals surface area (Å²) in [6, 6.07) is 3.72. The van der Waals surface area contributed by atoms with Crippen LogP contribution in [0.25, 0.3) is 0 Å². The Kier molecular flexibility index (Phi) is 7.69. The third-order valence-electron chi connectivity index (χ3n) is 8.41. The summed E-state index contributed by atoms with van der Waals surface area (Å²) in [5.74, 6) is -2.12. The van der Waals surface area contributed by atoms with E-state index in [1.807, 2.05) is 13.8 Å². The molecular formula is C26H35F3N2O5S. The van der Waals surface area contributed by atoms with Gasteiger partial charge in [0.2, 0.25) is 5.91 Å². The van der Waals surface area contributed by atoms with Gasteiger partial charge >= 0.3 is 12.1 Å². The number of rotatable bonds is 5. The van der Waals surface area contributed by atoms with Gasteiger partial charge in [-0.3, -0.25) is 9.59 Å². The molecule has 2 amide bonds. The van der Waals surface area contributed by atoms with Crippen molar-refractivity contribution in [1.82, 2.24) is 9.80 Å². The molecule has 4 rings (SSSR count). The molecule has 0 spiro atoms. The van der Waals surface area contributed by atoms with Crippen molar-refractivity contribution >= 4 is 21.7 Å². The Labute approximate surface area is 216 Å². The van der Waals surface area contributed by atoms with E-state index in [-0.39, 0.29) is 29.7 Å². The van der Waals surface area contributed by atoms with Gasteiger partial charge in [-0.05, 0) is 67.7 Å². The monoisotopic (exact) mass is 544 g/mol. The number of alkyl halides is 3. The number of amides is 2. The summed E-state index contributed by atoms with van der Waals surface area (Å²) in [7, 11) is -3.40. The zero-order valence-corrected chi connectivity index (χ0v) is 22.3. The van der Waals surface area contributed by atoms with Gasteiger partial charge in [0.1, 0.15) is 0 Å². The molecule has 1 aromatic rings. The second-order valence-electron chi connectivity index (χ2n) is 10.9. The number of fused-ring (bicyclic) bond motifs is 1. The zero-order valence-electron chi connectivity index (χ0n) is 21.5. The minimum Gasteiger partial charge on any atom is -0.381 e. The molecule has 0 bridgehead atoms. The maximum absolute atomic E-state index is 14.0. The smallest absolute Gasteiger partial charge is 0.381 e. The van der Waals surface area contributed by atoms with Gasteiger partial charge in [0.15, 0.2) is 9.84 Å². The fourth-order valence-corrected chi connectivity index (χ4v) is 6.92. The normalized spacial score (nSPS) is 25.3. The lowest BCUT2D eigenvalue weighted by Gasteiger charge is -2.42. The summed E-state index contributed by atoms with van der Waals surface area (Å²) in [6.45, 7) is 5.12. The van der Waals surface area contributed by atoms with Crippen LogP contribution >= 0.6 is 0 Å². The van der Waals surface area contributed by atoms with Crippen LogP contribution in [-0.4, -0.2) is 74.3 Å². The first-order valence-corrected chi connectivity index (χ1v) is 14.7. The molecule has 0 N–H and O–H groups in total. The third-order valence-corrected chi connectivity index (χ3v) is 9.52. The van der Waals surface area contributed by atoms with Crippen LogP contribution < -0.4 is 0 Å². The maximum Gasteiger partial charge on any atom is 0.471 e. The van der Waals surface area contributed by atoms with Gasteiger partial charge in [-0.2, -0.15) is 13.2 Å². The highest BCUT2D eigenvalue weighted by molar-refractivity contribution is 7.90. The predicted molar refractivity (Wildman–Crippen MR) is 130 cm³/mol. The molecule has 206 valence electrons. The van der Waals surface area contributed by atoms with E-state index in [2.05, 4.69) is 0 Å². The van der Waals surface area contributed by atoms with Gasteiger partial charge in [0.25, 0.3) is 0 Å². The number of halogens is 3. The molecule has 0 aromatic heterocycles. The van der Waals surface area contributed by atoms with Crippen LogP contribution in [0.5, 0.6) is 0 Å². The Bertz CT molecular complexity index is 1150. The highest BCUT2D eigenvalue weighted by atomic mass is 32.2. The quantitative estimate of drug-likeness (QED) is 0.564. The summed E-state index contributed by atoms with van der Waals surface area (Å²) in [5.41, 5.74) is 0.860. The predicted octanol–water partition coefficient (Wildman–Crippen LogP) is 3.74. The second-order valence-corrected chi connectivity index (χ2v) is 13.0. The molecule has 37 heavy (non-hydrogen) atoms. The Morgan fingerprint density at radius 1 is 1.11 bits per heavy atom. The zero-order chi connectivity index (χ0) is 27.2. The molecule has 2 heterocycles. The average Bonchev–Trinajstić information content (AvgIpc) is 3.29. The van der Waals surface area contributed by atoms with E-state index in [1.165, 1.54) is 0 Å². The molecular weight excluding hydrogens is 509 g/mol. The highest BCUT2D eigenvalue weighted by Gasteiger charge is 2.55. The lowest BCUT2D eigenvalue weighted by molar-refractivity contribution is -0.192. The number of ether oxygens (including phenoxy) is 1. The topological polar surface area (TPSA) is 84.0 Å². The van der Waals surface area contributed by atoms with Crippen molar-refractivity contribution in [2.75, 3.05) is 26.0 Å². The molecule has 3 aliphatic rings. The first-order chi connectivity index (χ1) is 17.2. The van der Waals surface area contributed by atoms with E-state index >= 15 is 0 Å². The Morgan fingerprint density at radius 3 is 2.38 bits per heavy atom. The standard InChI is InChI=1S/C26H35F3N2O5S/c1-17(2)25(23(32)30-11-7-18-4-5-22(37(3,34)35)14-19(18)16-30)10-6-21(15-25)31(24(33)26(27,28)29)20-8-12-36-13-9-20/h4-5,14,17,20-21H,6-13,15-16H2,1-3H3/t21-,25+/m1/s1. The van der Waals surface area contributed by atoms with Crippen molar-refractivity contribution < 1.29 is 35.9 Å². The molecule has 0 unspecified atom stereocenters. The number of hydrogen-bond donors (Lipinski definition) is 0. The molecule has 11 heteroatoms. The second kappa shape index (κ2) is 10.2. The summed E-state index contributed by atoms with van der Waals surface area (Å²) in [5, 5.41) is 0. The van der Waals surface area contributed by atoms with Crippen molar-refractivity contribution in [2.24, 2.45) is 11.3 Å². The molecule has 0 radical (unpaired) electrons. The van der Waals surface area contributed by atoms with Crippen LogP contribution in [0.2, 0.25) is 0 Å². The van der Waals surface area contributed by atoms with E-state index < -0.39 is 39.4 Å². The van der Waals surface area contributed by atoms with Crippen LogP contribution in [-0.2, 0) is 37.1 Å². The molecule has 1 saturated heterocycles. The number of carbonyl (C=O) groups excluding carboxylic acids is 2. The van der Waals surface area contributed by atoms with Crippen LogP contribution in [0.15, 0.2) is 23.1 Å². The molecule has 1 aliphatic carbocycles. The fraction of sp³-hybridized carbons (Fsp3) is 0.692. The lowest BCUT2D eigenvalue weighted by Crippen LogP contribution is -2.54. The summed E-state index contributed by atoms with van der Waals surface area (Å²) >= 11 is 0. The summed E-state index contributed by atoms with van der Waals surface area (Å²) in [6.07, 6.45) is -1.70. The summed E-state index contributed by atoms with van der Waals surface area (Å²) < 4.78 is 70.3. The molecule has 7 nitrogen and oxygen atoms in total. The average molecular weight is 545 g/mol. The molecule has 2 aliphatic heterocycles. The molecule has 2 atom stereocenters. The minimum atomic E-state index is -4.99. The van der Waals surface area contributed by atoms with E-state index in [1.54, 1.807) is 23.1 Å². The first-order valence-electron chi connectivity index (χ1n) is 12.8. The molecule has 1 saturated carbocycles. The molecule has 2 fully saturated rings. The number of benzene rings is 1. The number of hydrogen-bond acceptors (Lipinski definition) is 5. The highest BCUT2D eigenvalue weighted by Crippen LogP contribution is 2.49. The summed E-state index contributed by atoms with van der Waals surface area (Å²) in [4.78, 5) is 29.5. The van der Waals surface area contributed by atoms with E-state index in [9.17, 15) is 31.2 Å². The Morgan fingerprint density at radius 2 is 1.78 bits per heavy atom. The number of nitrogens with zero attached hydrogens (tertiary/aromatic N) is 2. The van der Waals surface area contributed by atoms with Crippen LogP contribution in [0, 0.1) is 11.3 Å². The van der Waals surface area contributed by atoms with Crippen molar-refractivity contribution in [3.8, 4) is 0 Å². The van der Waals surface area contributed by atoms with Gasteiger partial charge in [0, 0.05) is 44.6 Å². The SMILES string of the molecule is CC(C)[C@]1(C(=O)N2CCc3ccc(S(C)(=O)=O)cc3C2)CC[C@@H](N(C(=O)C(F)(F)F)C2CCOCC2)C1. The van der Waals surface area contributed by atoms with Crippen molar-refractivity contribution in [3.63, 3.8) is 0 Å². The van der Waals surface area contributed by atoms with Gasteiger partial charge in [-0.15, -0.1) is 0 Å². The Balaban J connectivity index is 1.59. The van der Waals surface area contributed by atoms with Crippen LogP contribution in [0.3, 0.4) is 0 Å². The maximum atomic E-state index is 14.0. The van der Waals surface area contributed by atoms with Gasteiger partial charge in [-0.1, -0.05) is 19.9 Å². The first kappa shape index (κ1) is 27.9. The minimum absolute atomic E-state index is 0.133. The number of carbonyl (C=O) groups is 2. The van der Waals surface area contributed by atoms with E-state index in [4.69, 9.17) is 4.74 Å². The van der Waals surface area contributed by atoms with Gasteiger partial charge in [0.05, 0.1) is 10.3 Å².